The highest BCUT2D eigenvalue weighted by Gasteiger charge is 2.08. The maximum Gasteiger partial charge on any atom is 0.337 e. The largest absolute Gasteiger partial charge is 0.423 e. The molecule has 94 valence electrons. The molecule has 0 unspecified atom stereocenters. The van der Waals surface area contributed by atoms with Crippen molar-refractivity contribution in [1.82, 2.24) is 0 Å². The Balaban J connectivity index is 2.42. The summed E-state index contributed by atoms with van der Waals surface area (Å²) in [5.41, 5.74) is 0.970. The predicted octanol–water partition coefficient (Wildman–Crippen LogP) is 2.22. The minimum absolute atomic E-state index is 0.117. The highest BCUT2D eigenvalue weighted by molar-refractivity contribution is 6.32. The Morgan fingerprint density at radius 2 is 2.12 bits per heavy atom. The first kappa shape index (κ1) is 14.0. The van der Waals surface area contributed by atoms with Crippen molar-refractivity contribution in [3.05, 3.63) is 28.8 Å². The van der Waals surface area contributed by atoms with Gasteiger partial charge in [-0.25, -0.2) is 4.79 Å². The summed E-state index contributed by atoms with van der Waals surface area (Å²) < 4.78 is 14.9. The number of esters is 1. The zero-order valence-electron chi connectivity index (χ0n) is 9.86. The van der Waals surface area contributed by atoms with Crippen LogP contribution >= 0.6 is 11.6 Å². The number of halogens is 1. The molecule has 0 aliphatic carbocycles. The number of hydrogen-bond donors (Lipinski definition) is 0. The van der Waals surface area contributed by atoms with Crippen molar-refractivity contribution in [2.24, 2.45) is 0 Å². The summed E-state index contributed by atoms with van der Waals surface area (Å²) in [5.74, 6) is -0.124. The van der Waals surface area contributed by atoms with Crippen LogP contribution in [-0.2, 0) is 14.3 Å². The average molecular weight is 259 g/mol. The van der Waals surface area contributed by atoms with Crippen molar-refractivity contribution in [1.29, 1.82) is 0 Å². The van der Waals surface area contributed by atoms with E-state index in [0.717, 1.165) is 5.56 Å². The molecule has 1 aromatic carbocycles. The third-order valence-electron chi connectivity index (χ3n) is 1.96. The maximum absolute atomic E-state index is 11.4. The van der Waals surface area contributed by atoms with Gasteiger partial charge in [-0.3, -0.25) is 0 Å². The van der Waals surface area contributed by atoms with Gasteiger partial charge < -0.3 is 14.2 Å². The van der Waals surface area contributed by atoms with Crippen LogP contribution in [0.3, 0.4) is 0 Å². The van der Waals surface area contributed by atoms with Gasteiger partial charge in [-0.2, -0.15) is 0 Å². The van der Waals surface area contributed by atoms with Gasteiger partial charge in [-0.1, -0.05) is 17.7 Å². The van der Waals surface area contributed by atoms with Gasteiger partial charge in [0.2, 0.25) is 0 Å². The Labute approximate surface area is 105 Å². The molecule has 0 aromatic heterocycles. The van der Waals surface area contributed by atoms with Crippen molar-refractivity contribution in [3.8, 4) is 5.75 Å². The van der Waals surface area contributed by atoms with Crippen LogP contribution in [0.2, 0.25) is 5.02 Å². The standard InChI is InChI=1S/C12H15ClO4/c1-9-3-4-10(13)11(7-9)17-12(14)8-16-6-5-15-2/h3-4,7H,5-6,8H2,1-2H3. The SMILES string of the molecule is COCCOCC(=O)Oc1cc(C)ccc1Cl. The molecule has 4 nitrogen and oxygen atoms in total. The first-order valence-corrected chi connectivity index (χ1v) is 5.55. The van der Waals surface area contributed by atoms with Crippen LogP contribution in [0.5, 0.6) is 5.75 Å². The van der Waals surface area contributed by atoms with Gasteiger partial charge in [0.05, 0.1) is 18.2 Å². The Morgan fingerprint density at radius 3 is 2.82 bits per heavy atom. The number of carbonyl (C=O) groups is 1. The summed E-state index contributed by atoms with van der Waals surface area (Å²) >= 11 is 5.89. The molecule has 0 N–H and O–H groups in total. The number of hydrogen-bond acceptors (Lipinski definition) is 4. The summed E-state index contributed by atoms with van der Waals surface area (Å²) in [6, 6.07) is 5.23. The molecule has 17 heavy (non-hydrogen) atoms. The van der Waals surface area contributed by atoms with E-state index in [1.165, 1.54) is 0 Å². The fourth-order valence-corrected chi connectivity index (χ4v) is 1.29. The molecule has 1 rings (SSSR count). The first-order chi connectivity index (χ1) is 8.13. The van der Waals surface area contributed by atoms with Crippen LogP contribution in [-0.4, -0.2) is 32.9 Å². The van der Waals surface area contributed by atoms with Crippen LogP contribution in [0.1, 0.15) is 5.56 Å². The van der Waals surface area contributed by atoms with Crippen molar-refractivity contribution < 1.29 is 19.0 Å². The Morgan fingerprint density at radius 1 is 1.35 bits per heavy atom. The number of methoxy groups -OCH3 is 1. The second-order valence-electron chi connectivity index (χ2n) is 3.45. The highest BCUT2D eigenvalue weighted by atomic mass is 35.5. The van der Waals surface area contributed by atoms with Crippen molar-refractivity contribution in [2.75, 3.05) is 26.9 Å². The van der Waals surface area contributed by atoms with E-state index in [0.29, 0.717) is 24.0 Å². The Kier molecular flexibility index (Phi) is 5.97. The maximum atomic E-state index is 11.4. The lowest BCUT2D eigenvalue weighted by Crippen LogP contribution is -2.17. The quantitative estimate of drug-likeness (QED) is 0.446. The van der Waals surface area contributed by atoms with Crippen LogP contribution in [0.15, 0.2) is 18.2 Å². The molecule has 0 radical (unpaired) electrons. The number of ether oxygens (including phenoxy) is 3. The minimum atomic E-state index is -0.478. The van der Waals surface area contributed by atoms with E-state index < -0.39 is 5.97 Å². The predicted molar refractivity (Wildman–Crippen MR) is 64.5 cm³/mol. The Hall–Kier alpha value is -1.10. The molecule has 0 bridgehead atoms. The van der Waals surface area contributed by atoms with Crippen molar-refractivity contribution >= 4 is 17.6 Å². The lowest BCUT2D eigenvalue weighted by Gasteiger charge is -2.07. The molecule has 5 heteroatoms. The molecule has 0 heterocycles. The van der Waals surface area contributed by atoms with Crippen LogP contribution in [0.4, 0.5) is 0 Å². The van der Waals surface area contributed by atoms with E-state index in [1.807, 2.05) is 13.0 Å². The first-order valence-electron chi connectivity index (χ1n) is 5.17. The van der Waals surface area contributed by atoms with E-state index in [4.69, 9.17) is 25.8 Å². The van der Waals surface area contributed by atoms with Gasteiger partial charge in [0.15, 0.2) is 0 Å². The van der Waals surface area contributed by atoms with E-state index in [9.17, 15) is 4.79 Å². The molecular formula is C12H15ClO4. The minimum Gasteiger partial charge on any atom is -0.423 e. The molecule has 1 aromatic rings. The summed E-state index contributed by atoms with van der Waals surface area (Å²) in [6.45, 7) is 2.57. The molecule has 0 aliphatic heterocycles. The monoisotopic (exact) mass is 258 g/mol. The molecule has 0 fully saturated rings. The normalized spacial score (nSPS) is 10.3. The summed E-state index contributed by atoms with van der Waals surface area (Å²) in [5, 5.41) is 0.404. The smallest absolute Gasteiger partial charge is 0.337 e. The van der Waals surface area contributed by atoms with Crippen LogP contribution in [0.25, 0.3) is 0 Å². The molecule has 0 amide bonds. The number of carbonyl (C=O) groups excluding carboxylic acids is 1. The van der Waals surface area contributed by atoms with E-state index >= 15 is 0 Å². The zero-order chi connectivity index (χ0) is 12.7. The average Bonchev–Trinajstić information content (AvgIpc) is 2.29. The molecule has 0 spiro atoms. The summed E-state index contributed by atoms with van der Waals surface area (Å²) in [6.07, 6.45) is 0. The van der Waals surface area contributed by atoms with Crippen molar-refractivity contribution in [3.63, 3.8) is 0 Å². The van der Waals surface area contributed by atoms with E-state index in [-0.39, 0.29) is 6.61 Å². The fraction of sp³-hybridized carbons (Fsp3) is 0.417. The molecule has 0 aliphatic rings. The summed E-state index contributed by atoms with van der Waals surface area (Å²) in [4.78, 5) is 11.4. The topological polar surface area (TPSA) is 44.8 Å². The molecular weight excluding hydrogens is 244 g/mol. The zero-order valence-corrected chi connectivity index (χ0v) is 10.6. The third kappa shape index (κ3) is 5.17. The van der Waals surface area contributed by atoms with Gasteiger partial charge in [0, 0.05) is 7.11 Å². The van der Waals surface area contributed by atoms with Gasteiger partial charge >= 0.3 is 5.97 Å². The summed E-state index contributed by atoms with van der Waals surface area (Å²) in [7, 11) is 1.56. The lowest BCUT2D eigenvalue weighted by molar-refractivity contribution is -0.139. The molecule has 0 saturated heterocycles. The number of benzene rings is 1. The highest BCUT2D eigenvalue weighted by Crippen LogP contribution is 2.25. The third-order valence-corrected chi connectivity index (χ3v) is 2.27. The van der Waals surface area contributed by atoms with Gasteiger partial charge in [-0.05, 0) is 24.6 Å². The van der Waals surface area contributed by atoms with Crippen LogP contribution in [0, 0.1) is 6.92 Å². The van der Waals surface area contributed by atoms with Crippen molar-refractivity contribution in [2.45, 2.75) is 6.92 Å². The second-order valence-corrected chi connectivity index (χ2v) is 3.86. The molecule has 0 saturated carbocycles. The fourth-order valence-electron chi connectivity index (χ4n) is 1.14. The number of rotatable bonds is 6. The molecule has 0 atom stereocenters. The van der Waals surface area contributed by atoms with E-state index in [1.54, 1.807) is 19.2 Å². The van der Waals surface area contributed by atoms with E-state index in [2.05, 4.69) is 0 Å². The Bertz CT molecular complexity index is 379. The van der Waals surface area contributed by atoms with Gasteiger partial charge in [0.25, 0.3) is 0 Å². The van der Waals surface area contributed by atoms with Gasteiger partial charge in [-0.15, -0.1) is 0 Å². The lowest BCUT2D eigenvalue weighted by atomic mass is 10.2. The van der Waals surface area contributed by atoms with Crippen LogP contribution < -0.4 is 4.74 Å². The van der Waals surface area contributed by atoms with Gasteiger partial charge in [0.1, 0.15) is 12.4 Å². The number of aryl methyl sites for hydroxylation is 1. The second kappa shape index (κ2) is 7.27.